The minimum atomic E-state index is -0.588. The summed E-state index contributed by atoms with van der Waals surface area (Å²) in [7, 11) is 1.84. The average Bonchev–Trinajstić information content (AvgIpc) is 2.96. The summed E-state index contributed by atoms with van der Waals surface area (Å²) < 4.78 is 6.14. The largest absolute Gasteiger partial charge is 0.438 e. The number of aromatic amines is 1. The summed E-state index contributed by atoms with van der Waals surface area (Å²) in [4.78, 5) is 25.0. The van der Waals surface area contributed by atoms with Gasteiger partial charge in [0.15, 0.2) is 5.82 Å². The lowest BCUT2D eigenvalue weighted by atomic mass is 10.2. The van der Waals surface area contributed by atoms with Crippen molar-refractivity contribution in [2.75, 3.05) is 0 Å². The van der Waals surface area contributed by atoms with E-state index in [1.165, 1.54) is 0 Å². The first kappa shape index (κ1) is 14.0. The van der Waals surface area contributed by atoms with E-state index >= 15 is 0 Å². The fourth-order valence-corrected chi connectivity index (χ4v) is 1.92. The summed E-state index contributed by atoms with van der Waals surface area (Å²) in [6, 6.07) is 1.76. The molecule has 108 valence electrons. The number of nitrogens with zero attached hydrogens (tertiary/aromatic N) is 3. The van der Waals surface area contributed by atoms with Gasteiger partial charge in [-0.3, -0.25) is 19.0 Å². The van der Waals surface area contributed by atoms with E-state index in [-0.39, 0.29) is 11.9 Å². The third kappa shape index (κ3) is 3.81. The Morgan fingerprint density at radius 2 is 2.40 bits per heavy atom. The number of carbonyl (C=O) groups is 1. The minimum absolute atomic E-state index is 0.0514. The van der Waals surface area contributed by atoms with Gasteiger partial charge in [0.1, 0.15) is 0 Å². The first-order valence-electron chi connectivity index (χ1n) is 6.35. The molecule has 0 radical (unpaired) electrons. The van der Waals surface area contributed by atoms with Gasteiger partial charge in [-0.05, 0) is 19.4 Å². The highest BCUT2D eigenvalue weighted by Gasteiger charge is 2.11. The van der Waals surface area contributed by atoms with Crippen molar-refractivity contribution in [3.63, 3.8) is 0 Å². The van der Waals surface area contributed by atoms with Crippen LogP contribution in [0.5, 0.6) is 0 Å². The molecule has 0 spiro atoms. The molecule has 0 aliphatic carbocycles. The molecule has 2 rings (SSSR count). The van der Waals surface area contributed by atoms with Crippen LogP contribution >= 0.6 is 0 Å². The summed E-state index contributed by atoms with van der Waals surface area (Å²) in [6.45, 7) is 1.84. The van der Waals surface area contributed by atoms with Crippen molar-refractivity contribution >= 4 is 5.91 Å². The molecule has 2 N–H and O–H groups in total. The molecule has 1 unspecified atom stereocenters. The molecule has 20 heavy (non-hydrogen) atoms. The molecule has 0 aliphatic rings. The quantitative estimate of drug-likeness (QED) is 0.760. The molecule has 0 saturated carbocycles. The number of amides is 1. The second-order valence-electron chi connectivity index (χ2n) is 4.66. The molecule has 8 heteroatoms. The zero-order valence-corrected chi connectivity index (χ0v) is 11.4. The van der Waals surface area contributed by atoms with E-state index in [1.807, 2.05) is 20.0 Å². The van der Waals surface area contributed by atoms with Crippen molar-refractivity contribution in [1.82, 2.24) is 25.2 Å². The molecule has 1 amide bonds. The fourth-order valence-electron chi connectivity index (χ4n) is 1.92. The molecule has 0 fully saturated rings. The molecule has 0 bridgehead atoms. The molecule has 2 heterocycles. The minimum Gasteiger partial charge on any atom is -0.353 e. The smallest absolute Gasteiger partial charge is 0.353 e. The maximum Gasteiger partial charge on any atom is 0.438 e. The van der Waals surface area contributed by atoms with Crippen molar-refractivity contribution in [2.24, 2.45) is 7.05 Å². The van der Waals surface area contributed by atoms with E-state index in [0.29, 0.717) is 25.1 Å². The summed E-state index contributed by atoms with van der Waals surface area (Å²) >= 11 is 0. The summed E-state index contributed by atoms with van der Waals surface area (Å²) in [6.07, 6.45) is 3.15. The van der Waals surface area contributed by atoms with Gasteiger partial charge in [-0.15, -0.1) is 0 Å². The highest BCUT2D eigenvalue weighted by Crippen LogP contribution is 2.01. The lowest BCUT2D eigenvalue weighted by Crippen LogP contribution is -2.34. The van der Waals surface area contributed by atoms with Gasteiger partial charge in [0.2, 0.25) is 5.91 Å². The normalized spacial score (nSPS) is 12.3. The first-order chi connectivity index (χ1) is 9.54. The maximum absolute atomic E-state index is 11.8. The lowest BCUT2D eigenvalue weighted by molar-refractivity contribution is -0.121. The van der Waals surface area contributed by atoms with E-state index in [4.69, 9.17) is 0 Å². The van der Waals surface area contributed by atoms with Gasteiger partial charge in [-0.25, -0.2) is 4.79 Å². The number of hydrogen-bond acceptors (Lipinski definition) is 5. The molecular weight excluding hydrogens is 262 g/mol. The Labute approximate surface area is 115 Å². The Hall–Kier alpha value is -2.38. The van der Waals surface area contributed by atoms with Gasteiger partial charge >= 0.3 is 5.76 Å². The van der Waals surface area contributed by atoms with Crippen LogP contribution in [0.15, 0.2) is 21.6 Å². The lowest BCUT2D eigenvalue weighted by Gasteiger charge is -2.11. The van der Waals surface area contributed by atoms with Crippen LogP contribution in [0.25, 0.3) is 0 Å². The van der Waals surface area contributed by atoms with Crippen LogP contribution < -0.4 is 11.1 Å². The van der Waals surface area contributed by atoms with Gasteiger partial charge in [0.05, 0.1) is 0 Å². The van der Waals surface area contributed by atoms with Crippen LogP contribution in [0, 0.1) is 0 Å². The van der Waals surface area contributed by atoms with Gasteiger partial charge in [0.25, 0.3) is 0 Å². The average molecular weight is 279 g/mol. The Morgan fingerprint density at radius 1 is 1.60 bits per heavy atom. The van der Waals surface area contributed by atoms with Crippen molar-refractivity contribution in [3.05, 3.63) is 34.3 Å². The van der Waals surface area contributed by atoms with Gasteiger partial charge in [-0.2, -0.15) is 5.10 Å². The highest BCUT2D eigenvalue weighted by atomic mass is 16.5. The van der Waals surface area contributed by atoms with Gasteiger partial charge in [0, 0.05) is 37.8 Å². The molecule has 0 aromatic carbocycles. The van der Waals surface area contributed by atoms with Crippen molar-refractivity contribution in [1.29, 1.82) is 0 Å². The zero-order valence-electron chi connectivity index (χ0n) is 11.4. The Bertz CT molecular complexity index is 627. The molecule has 0 saturated heterocycles. The summed E-state index contributed by atoms with van der Waals surface area (Å²) in [5.74, 6) is -0.214. The van der Waals surface area contributed by atoms with Crippen molar-refractivity contribution in [3.8, 4) is 0 Å². The Balaban J connectivity index is 1.76. The molecule has 8 nitrogen and oxygen atoms in total. The van der Waals surface area contributed by atoms with Crippen molar-refractivity contribution in [2.45, 2.75) is 32.2 Å². The summed E-state index contributed by atoms with van der Waals surface area (Å²) in [5.41, 5.74) is 1.01. The van der Waals surface area contributed by atoms with E-state index in [0.717, 1.165) is 5.69 Å². The van der Waals surface area contributed by atoms with Crippen LogP contribution in [0.3, 0.4) is 0 Å². The van der Waals surface area contributed by atoms with Crippen LogP contribution in [0.4, 0.5) is 0 Å². The van der Waals surface area contributed by atoms with Crippen LogP contribution in [-0.4, -0.2) is 31.9 Å². The number of aryl methyl sites for hydroxylation is 2. The molecule has 0 aliphatic heterocycles. The number of H-pyrrole nitrogens is 1. The zero-order chi connectivity index (χ0) is 14.5. The van der Waals surface area contributed by atoms with Crippen molar-refractivity contribution < 1.29 is 9.32 Å². The molecule has 1 atom stereocenters. The van der Waals surface area contributed by atoms with E-state index in [9.17, 15) is 9.59 Å². The standard InChI is InChI=1S/C12H17N5O3/c1-8(7-10-15-12(19)20-16-10)14-11(18)4-3-9-5-6-13-17(9)2/h5-6,8H,3-4,7H2,1-2H3,(H,14,18)(H,15,16,19). The third-order valence-corrected chi connectivity index (χ3v) is 2.92. The molecule has 2 aromatic heterocycles. The van der Waals surface area contributed by atoms with E-state index in [1.54, 1.807) is 10.9 Å². The number of nitrogens with one attached hydrogen (secondary N) is 2. The Morgan fingerprint density at radius 3 is 3.00 bits per heavy atom. The highest BCUT2D eigenvalue weighted by molar-refractivity contribution is 5.76. The SMILES string of the molecule is CC(Cc1noc(=O)[nH]1)NC(=O)CCc1ccnn1C. The maximum atomic E-state index is 11.8. The summed E-state index contributed by atoms with van der Waals surface area (Å²) in [5, 5.41) is 10.4. The number of hydrogen-bond donors (Lipinski definition) is 2. The monoisotopic (exact) mass is 279 g/mol. The van der Waals surface area contributed by atoms with Crippen LogP contribution in [0.1, 0.15) is 24.9 Å². The Kier molecular flexibility index (Phi) is 4.34. The van der Waals surface area contributed by atoms with Gasteiger partial charge < -0.3 is 5.32 Å². The second kappa shape index (κ2) is 6.18. The predicted molar refractivity (Wildman–Crippen MR) is 70.0 cm³/mol. The molecule has 2 aromatic rings. The third-order valence-electron chi connectivity index (χ3n) is 2.92. The number of carbonyl (C=O) groups excluding carboxylic acids is 1. The van der Waals surface area contributed by atoms with E-state index in [2.05, 4.69) is 25.1 Å². The second-order valence-corrected chi connectivity index (χ2v) is 4.66. The number of rotatable bonds is 6. The predicted octanol–water partition coefficient (Wildman–Crippen LogP) is -0.224. The van der Waals surface area contributed by atoms with Crippen LogP contribution in [-0.2, 0) is 24.7 Å². The fraction of sp³-hybridized carbons (Fsp3) is 0.500. The number of aromatic nitrogens is 4. The van der Waals surface area contributed by atoms with E-state index < -0.39 is 5.76 Å². The van der Waals surface area contributed by atoms with Gasteiger partial charge in [-0.1, -0.05) is 5.16 Å². The molecular formula is C12H17N5O3. The first-order valence-corrected chi connectivity index (χ1v) is 6.35. The van der Waals surface area contributed by atoms with Crippen LogP contribution in [0.2, 0.25) is 0 Å². The topological polar surface area (TPSA) is 106 Å².